The molecule has 0 spiro atoms. The number of carboxylic acid groups (broad SMARTS) is 1. The summed E-state index contributed by atoms with van der Waals surface area (Å²) in [4.78, 5) is 22.5. The van der Waals surface area contributed by atoms with E-state index in [1.54, 1.807) is 0 Å². The Bertz CT molecular complexity index is 424. The summed E-state index contributed by atoms with van der Waals surface area (Å²) in [6.07, 6.45) is 0. The Morgan fingerprint density at radius 3 is 2.76 bits per heavy atom. The Morgan fingerprint density at radius 2 is 2.24 bits per heavy atom. The quantitative estimate of drug-likeness (QED) is 0.775. The summed E-state index contributed by atoms with van der Waals surface area (Å²) in [6.45, 7) is 2.95. The van der Waals surface area contributed by atoms with E-state index in [0.29, 0.717) is 5.76 Å². The Hall–Kier alpha value is -1.89. The predicted octanol–water partition coefficient (Wildman–Crippen LogP) is 0.414. The van der Waals surface area contributed by atoms with Crippen LogP contribution in [0, 0.1) is 0 Å². The van der Waals surface area contributed by atoms with E-state index in [0.717, 1.165) is 0 Å². The van der Waals surface area contributed by atoms with Crippen molar-refractivity contribution >= 4 is 11.9 Å². The van der Waals surface area contributed by atoms with Crippen molar-refractivity contribution in [1.29, 1.82) is 0 Å². The molecule has 0 fully saturated rings. The van der Waals surface area contributed by atoms with Gasteiger partial charge in [-0.15, -0.1) is 0 Å². The highest BCUT2D eigenvalue weighted by atomic mass is 16.5. The van der Waals surface area contributed by atoms with E-state index in [4.69, 9.17) is 14.4 Å². The third-order valence-electron chi connectivity index (χ3n) is 2.04. The van der Waals surface area contributed by atoms with Crippen LogP contribution in [0.15, 0.2) is 10.6 Å². The largest absolute Gasteiger partial charge is 0.480 e. The SMILES string of the molecule is COCc1cc(C(=O)NC(C)(C)C(=O)O)no1. The van der Waals surface area contributed by atoms with Gasteiger partial charge in [0.1, 0.15) is 12.1 Å². The number of aliphatic carboxylic acids is 1. The van der Waals surface area contributed by atoms with E-state index in [1.165, 1.54) is 27.0 Å². The second-order valence-electron chi connectivity index (χ2n) is 4.00. The number of aromatic nitrogens is 1. The minimum absolute atomic E-state index is 0.0198. The van der Waals surface area contributed by atoms with E-state index in [1.807, 2.05) is 0 Å². The predicted molar refractivity (Wildman–Crippen MR) is 56.4 cm³/mol. The summed E-state index contributed by atoms with van der Waals surface area (Å²) in [7, 11) is 1.48. The van der Waals surface area contributed by atoms with Crippen molar-refractivity contribution in [2.45, 2.75) is 26.0 Å². The molecule has 0 atom stereocenters. The number of hydrogen-bond acceptors (Lipinski definition) is 5. The number of nitrogens with zero attached hydrogens (tertiary/aromatic N) is 1. The molecule has 0 bridgehead atoms. The number of carbonyl (C=O) groups is 2. The van der Waals surface area contributed by atoms with E-state index in [9.17, 15) is 9.59 Å². The molecule has 1 amide bonds. The highest BCUT2D eigenvalue weighted by Crippen LogP contribution is 2.08. The highest BCUT2D eigenvalue weighted by Gasteiger charge is 2.30. The van der Waals surface area contributed by atoms with E-state index in [2.05, 4.69) is 10.5 Å². The molecule has 7 heteroatoms. The number of ether oxygens (including phenoxy) is 1. The van der Waals surface area contributed by atoms with Crippen LogP contribution in [-0.2, 0) is 16.1 Å². The van der Waals surface area contributed by atoms with Crippen molar-refractivity contribution in [1.82, 2.24) is 10.5 Å². The van der Waals surface area contributed by atoms with Gasteiger partial charge >= 0.3 is 5.97 Å². The molecule has 0 radical (unpaired) electrons. The minimum Gasteiger partial charge on any atom is -0.480 e. The second-order valence-corrected chi connectivity index (χ2v) is 4.00. The number of nitrogens with one attached hydrogen (secondary N) is 1. The Balaban J connectivity index is 2.73. The number of methoxy groups -OCH3 is 1. The fraction of sp³-hybridized carbons (Fsp3) is 0.500. The molecule has 2 N–H and O–H groups in total. The van der Waals surface area contributed by atoms with Crippen molar-refractivity contribution in [3.63, 3.8) is 0 Å². The Morgan fingerprint density at radius 1 is 1.59 bits per heavy atom. The topological polar surface area (TPSA) is 102 Å². The molecule has 0 aromatic carbocycles. The average molecular weight is 242 g/mol. The Kier molecular flexibility index (Phi) is 3.84. The molecule has 1 heterocycles. The molecule has 1 aromatic rings. The van der Waals surface area contributed by atoms with Crippen LogP contribution in [0.3, 0.4) is 0 Å². The van der Waals surface area contributed by atoms with Crippen LogP contribution in [0.5, 0.6) is 0 Å². The molecule has 0 saturated carbocycles. The first-order chi connectivity index (χ1) is 7.86. The standard InChI is InChI=1S/C10H14N2O5/c1-10(2,9(14)15)11-8(13)7-4-6(5-16-3)17-12-7/h4H,5H2,1-3H3,(H,11,13)(H,14,15). The molecule has 0 aliphatic heterocycles. The maximum absolute atomic E-state index is 11.6. The maximum atomic E-state index is 11.6. The molecule has 1 aromatic heterocycles. The minimum atomic E-state index is -1.36. The molecule has 0 saturated heterocycles. The van der Waals surface area contributed by atoms with Crippen molar-refractivity contribution in [3.8, 4) is 0 Å². The molecule has 0 aliphatic carbocycles. The number of carbonyl (C=O) groups excluding carboxylic acids is 1. The fourth-order valence-corrected chi connectivity index (χ4v) is 1.03. The van der Waals surface area contributed by atoms with Crippen LogP contribution in [0.4, 0.5) is 0 Å². The Labute approximate surface area is 97.7 Å². The number of hydrogen-bond donors (Lipinski definition) is 2. The summed E-state index contributed by atoms with van der Waals surface area (Å²) < 4.78 is 9.62. The van der Waals surface area contributed by atoms with Crippen molar-refractivity contribution in [2.24, 2.45) is 0 Å². The number of rotatable bonds is 5. The molecule has 94 valence electrons. The third kappa shape index (κ3) is 3.28. The van der Waals surface area contributed by atoms with Crippen molar-refractivity contribution in [3.05, 3.63) is 17.5 Å². The van der Waals surface area contributed by atoms with Crippen LogP contribution >= 0.6 is 0 Å². The first-order valence-electron chi connectivity index (χ1n) is 4.87. The van der Waals surface area contributed by atoms with Gasteiger partial charge in [-0.1, -0.05) is 5.16 Å². The van der Waals surface area contributed by atoms with Gasteiger partial charge in [0.05, 0.1) is 0 Å². The molecule has 0 aliphatic rings. The molecule has 17 heavy (non-hydrogen) atoms. The lowest BCUT2D eigenvalue weighted by Gasteiger charge is -2.19. The summed E-state index contributed by atoms with van der Waals surface area (Å²) >= 11 is 0. The lowest BCUT2D eigenvalue weighted by Crippen LogP contribution is -2.49. The third-order valence-corrected chi connectivity index (χ3v) is 2.04. The zero-order valence-electron chi connectivity index (χ0n) is 9.81. The first kappa shape index (κ1) is 13.2. The van der Waals surface area contributed by atoms with Gasteiger partial charge in [0.15, 0.2) is 11.5 Å². The van der Waals surface area contributed by atoms with Crippen LogP contribution in [-0.4, -0.2) is 34.8 Å². The number of carboxylic acids is 1. The summed E-state index contributed by atoms with van der Waals surface area (Å²) in [5.74, 6) is -1.35. The van der Waals surface area contributed by atoms with E-state index >= 15 is 0 Å². The van der Waals surface area contributed by atoms with E-state index < -0.39 is 17.4 Å². The lowest BCUT2D eigenvalue weighted by atomic mass is 10.1. The van der Waals surface area contributed by atoms with Gasteiger partial charge in [0, 0.05) is 13.2 Å². The summed E-state index contributed by atoms with van der Waals surface area (Å²) in [5.41, 5.74) is -1.34. The van der Waals surface area contributed by atoms with Gasteiger partial charge in [-0.3, -0.25) is 4.79 Å². The summed E-state index contributed by atoms with van der Waals surface area (Å²) in [6, 6.07) is 1.40. The van der Waals surface area contributed by atoms with Crippen LogP contribution in [0.25, 0.3) is 0 Å². The van der Waals surface area contributed by atoms with Gasteiger partial charge in [0.2, 0.25) is 0 Å². The zero-order valence-corrected chi connectivity index (χ0v) is 9.81. The monoisotopic (exact) mass is 242 g/mol. The van der Waals surface area contributed by atoms with E-state index in [-0.39, 0.29) is 12.3 Å². The van der Waals surface area contributed by atoms with Crippen molar-refractivity contribution < 1.29 is 24.0 Å². The normalized spacial score (nSPS) is 11.2. The highest BCUT2D eigenvalue weighted by molar-refractivity contribution is 5.96. The number of amides is 1. The molecule has 0 unspecified atom stereocenters. The maximum Gasteiger partial charge on any atom is 0.328 e. The lowest BCUT2D eigenvalue weighted by molar-refractivity contribution is -0.143. The average Bonchev–Trinajstić information content (AvgIpc) is 2.66. The zero-order chi connectivity index (χ0) is 13.1. The van der Waals surface area contributed by atoms with Crippen LogP contribution in [0.2, 0.25) is 0 Å². The molecular weight excluding hydrogens is 228 g/mol. The molecular formula is C10H14N2O5. The van der Waals surface area contributed by atoms with Crippen LogP contribution in [0.1, 0.15) is 30.1 Å². The van der Waals surface area contributed by atoms with Gasteiger partial charge < -0.3 is 19.7 Å². The fourth-order valence-electron chi connectivity index (χ4n) is 1.03. The van der Waals surface area contributed by atoms with Crippen LogP contribution < -0.4 is 5.32 Å². The smallest absolute Gasteiger partial charge is 0.328 e. The van der Waals surface area contributed by atoms with Gasteiger partial charge in [-0.05, 0) is 13.8 Å². The summed E-state index contributed by atoms with van der Waals surface area (Å²) in [5, 5.41) is 14.7. The second kappa shape index (κ2) is 4.96. The van der Waals surface area contributed by atoms with Gasteiger partial charge in [-0.2, -0.15) is 0 Å². The first-order valence-corrected chi connectivity index (χ1v) is 4.87. The van der Waals surface area contributed by atoms with Gasteiger partial charge in [0.25, 0.3) is 5.91 Å². The van der Waals surface area contributed by atoms with Gasteiger partial charge in [-0.25, -0.2) is 4.79 Å². The molecule has 1 rings (SSSR count). The van der Waals surface area contributed by atoms with Crippen molar-refractivity contribution in [2.75, 3.05) is 7.11 Å². The molecule has 7 nitrogen and oxygen atoms in total.